The zero-order chi connectivity index (χ0) is 10.8. The van der Waals surface area contributed by atoms with Crippen LogP contribution in [0.1, 0.15) is 10.6 Å². The second-order valence-corrected chi connectivity index (χ2v) is 5.25. The van der Waals surface area contributed by atoms with Gasteiger partial charge < -0.3 is 14.4 Å². The second kappa shape index (κ2) is 4.49. The van der Waals surface area contributed by atoms with Gasteiger partial charge in [0.15, 0.2) is 0 Å². The monoisotopic (exact) mass is 291 g/mol. The smallest absolute Gasteiger partial charge is 0.371 e. The first-order valence-corrected chi connectivity index (χ1v) is 6.48. The zero-order valence-corrected chi connectivity index (χ0v) is 10.3. The Kier molecular flexibility index (Phi) is 3.25. The van der Waals surface area contributed by atoms with Crippen LogP contribution in [0.3, 0.4) is 0 Å². The van der Waals surface area contributed by atoms with E-state index in [0.717, 1.165) is 24.6 Å². The molecule has 4 nitrogen and oxygen atoms in total. The minimum Gasteiger partial charge on any atom is -0.475 e. The van der Waals surface area contributed by atoms with Crippen LogP contribution >= 0.6 is 27.7 Å². The molecular formula is C9H10BrNO3S. The van der Waals surface area contributed by atoms with Crippen molar-refractivity contribution in [3.8, 4) is 0 Å². The van der Waals surface area contributed by atoms with Crippen molar-refractivity contribution in [2.45, 2.75) is 0 Å². The summed E-state index contributed by atoms with van der Waals surface area (Å²) in [5, 5.41) is 8.78. The van der Waals surface area contributed by atoms with Crippen molar-refractivity contribution in [2.75, 3.05) is 29.5 Å². The lowest BCUT2D eigenvalue weighted by atomic mass is 10.4. The molecule has 0 bridgehead atoms. The van der Waals surface area contributed by atoms with Gasteiger partial charge in [-0.1, -0.05) is 0 Å². The highest BCUT2D eigenvalue weighted by Crippen LogP contribution is 2.31. The average Bonchev–Trinajstić information content (AvgIpc) is 2.62. The number of carboxylic acid groups (broad SMARTS) is 1. The van der Waals surface area contributed by atoms with Crippen molar-refractivity contribution in [3.05, 3.63) is 16.3 Å². The molecule has 15 heavy (non-hydrogen) atoms. The van der Waals surface area contributed by atoms with Crippen LogP contribution in [0.4, 0.5) is 5.88 Å². The molecule has 1 fully saturated rings. The minimum atomic E-state index is -1.03. The molecule has 1 aromatic heterocycles. The Balaban J connectivity index is 2.22. The molecule has 82 valence electrons. The number of furan rings is 1. The van der Waals surface area contributed by atoms with Gasteiger partial charge in [-0.05, 0) is 15.9 Å². The summed E-state index contributed by atoms with van der Waals surface area (Å²) < 4.78 is 6.00. The van der Waals surface area contributed by atoms with E-state index >= 15 is 0 Å². The van der Waals surface area contributed by atoms with Crippen LogP contribution < -0.4 is 4.90 Å². The summed E-state index contributed by atoms with van der Waals surface area (Å²) in [7, 11) is 0. The molecule has 0 radical (unpaired) electrons. The summed E-state index contributed by atoms with van der Waals surface area (Å²) in [6.07, 6.45) is 0. The molecule has 0 atom stereocenters. The van der Waals surface area contributed by atoms with E-state index in [1.54, 1.807) is 0 Å². The van der Waals surface area contributed by atoms with Crippen LogP contribution in [0.5, 0.6) is 0 Å². The lowest BCUT2D eigenvalue weighted by Crippen LogP contribution is -2.32. The average molecular weight is 292 g/mol. The first kappa shape index (κ1) is 10.9. The van der Waals surface area contributed by atoms with Gasteiger partial charge in [-0.2, -0.15) is 11.8 Å². The van der Waals surface area contributed by atoms with E-state index in [2.05, 4.69) is 20.8 Å². The summed E-state index contributed by atoms with van der Waals surface area (Å²) in [5.74, 6) is 1.68. The third-order valence-electron chi connectivity index (χ3n) is 2.18. The Bertz CT molecular complexity index is 373. The van der Waals surface area contributed by atoms with Gasteiger partial charge in [-0.15, -0.1) is 0 Å². The van der Waals surface area contributed by atoms with E-state index in [9.17, 15) is 4.79 Å². The molecule has 0 aromatic carbocycles. The SMILES string of the molecule is O=C(O)c1cc(Br)c(N2CCSCC2)o1. The van der Waals surface area contributed by atoms with Crippen LogP contribution in [0, 0.1) is 0 Å². The van der Waals surface area contributed by atoms with Crippen molar-refractivity contribution in [3.63, 3.8) is 0 Å². The Labute approximate surface area is 99.8 Å². The zero-order valence-electron chi connectivity index (χ0n) is 7.90. The number of thioether (sulfide) groups is 1. The van der Waals surface area contributed by atoms with Gasteiger partial charge in [0, 0.05) is 30.7 Å². The highest BCUT2D eigenvalue weighted by molar-refractivity contribution is 9.10. The maximum atomic E-state index is 10.7. The molecule has 0 saturated carbocycles. The second-order valence-electron chi connectivity index (χ2n) is 3.17. The summed E-state index contributed by atoms with van der Waals surface area (Å²) in [6, 6.07) is 1.50. The molecule has 1 aliphatic rings. The predicted molar refractivity (Wildman–Crippen MR) is 62.9 cm³/mol. The normalized spacial score (nSPS) is 16.7. The molecule has 0 spiro atoms. The first-order chi connectivity index (χ1) is 7.18. The highest BCUT2D eigenvalue weighted by Gasteiger charge is 2.20. The number of halogens is 1. The van der Waals surface area contributed by atoms with Gasteiger partial charge in [0.1, 0.15) is 0 Å². The first-order valence-electron chi connectivity index (χ1n) is 4.54. The van der Waals surface area contributed by atoms with Gasteiger partial charge in [-0.25, -0.2) is 4.79 Å². The van der Waals surface area contributed by atoms with E-state index in [0.29, 0.717) is 10.4 Å². The summed E-state index contributed by atoms with van der Waals surface area (Å²) in [4.78, 5) is 12.8. The van der Waals surface area contributed by atoms with Crippen LogP contribution in [-0.4, -0.2) is 35.7 Å². The predicted octanol–water partition coefficient (Wildman–Crippen LogP) is 2.29. The summed E-state index contributed by atoms with van der Waals surface area (Å²) >= 11 is 5.21. The molecular weight excluding hydrogens is 282 g/mol. The topological polar surface area (TPSA) is 53.7 Å². The van der Waals surface area contributed by atoms with Crippen LogP contribution in [0.25, 0.3) is 0 Å². The molecule has 6 heteroatoms. The molecule has 2 heterocycles. The molecule has 1 saturated heterocycles. The van der Waals surface area contributed by atoms with Crippen molar-refractivity contribution >= 4 is 39.5 Å². The molecule has 1 aliphatic heterocycles. The Morgan fingerprint density at radius 3 is 2.73 bits per heavy atom. The third-order valence-corrected chi connectivity index (χ3v) is 3.69. The van der Waals surface area contributed by atoms with Gasteiger partial charge in [0.05, 0.1) is 4.47 Å². The van der Waals surface area contributed by atoms with Gasteiger partial charge in [0.25, 0.3) is 0 Å². The van der Waals surface area contributed by atoms with E-state index in [1.165, 1.54) is 6.07 Å². The number of hydrogen-bond acceptors (Lipinski definition) is 4. The van der Waals surface area contributed by atoms with Crippen LogP contribution in [0.2, 0.25) is 0 Å². The minimum absolute atomic E-state index is 0.0184. The molecule has 1 aromatic rings. The quantitative estimate of drug-likeness (QED) is 0.906. The van der Waals surface area contributed by atoms with Crippen molar-refractivity contribution < 1.29 is 14.3 Å². The van der Waals surface area contributed by atoms with E-state index in [1.807, 2.05) is 11.8 Å². The Morgan fingerprint density at radius 2 is 2.20 bits per heavy atom. The maximum Gasteiger partial charge on any atom is 0.371 e. The highest BCUT2D eigenvalue weighted by atomic mass is 79.9. The number of carbonyl (C=O) groups is 1. The van der Waals surface area contributed by atoms with Gasteiger partial charge >= 0.3 is 5.97 Å². The standard InChI is InChI=1S/C9H10BrNO3S/c10-6-5-7(9(12)13)14-8(6)11-1-3-15-4-2-11/h5H,1-4H2,(H,12,13). The number of aromatic carboxylic acids is 1. The fourth-order valence-corrected chi connectivity index (χ4v) is 2.89. The Morgan fingerprint density at radius 1 is 1.53 bits per heavy atom. The Hall–Kier alpha value is -0.620. The summed E-state index contributed by atoms with van der Waals surface area (Å²) in [6.45, 7) is 1.80. The lowest BCUT2D eigenvalue weighted by Gasteiger charge is -2.26. The van der Waals surface area contributed by atoms with Crippen LogP contribution in [0.15, 0.2) is 15.0 Å². The van der Waals surface area contributed by atoms with Gasteiger partial charge in [0.2, 0.25) is 11.6 Å². The third kappa shape index (κ3) is 2.31. The molecule has 1 N–H and O–H groups in total. The van der Waals surface area contributed by atoms with Crippen molar-refractivity contribution in [2.24, 2.45) is 0 Å². The molecule has 0 unspecified atom stereocenters. The number of anilines is 1. The fraction of sp³-hybridized carbons (Fsp3) is 0.444. The molecule has 0 amide bonds. The number of hydrogen-bond donors (Lipinski definition) is 1. The fourth-order valence-electron chi connectivity index (χ4n) is 1.45. The number of nitrogens with zero attached hydrogens (tertiary/aromatic N) is 1. The van der Waals surface area contributed by atoms with E-state index < -0.39 is 5.97 Å². The number of carboxylic acids is 1. The largest absolute Gasteiger partial charge is 0.475 e. The van der Waals surface area contributed by atoms with E-state index in [-0.39, 0.29) is 5.76 Å². The van der Waals surface area contributed by atoms with Crippen LogP contribution in [-0.2, 0) is 0 Å². The molecule has 2 rings (SSSR count). The van der Waals surface area contributed by atoms with Crippen molar-refractivity contribution in [1.82, 2.24) is 0 Å². The van der Waals surface area contributed by atoms with Crippen molar-refractivity contribution in [1.29, 1.82) is 0 Å². The van der Waals surface area contributed by atoms with E-state index in [4.69, 9.17) is 9.52 Å². The lowest BCUT2D eigenvalue weighted by molar-refractivity contribution is 0.0663. The maximum absolute atomic E-state index is 10.7. The van der Waals surface area contributed by atoms with Gasteiger partial charge in [-0.3, -0.25) is 0 Å². The number of rotatable bonds is 2. The molecule has 0 aliphatic carbocycles. The summed E-state index contributed by atoms with van der Waals surface area (Å²) in [5.41, 5.74) is 0.